The van der Waals surface area contributed by atoms with Crippen LogP contribution < -0.4 is 10.6 Å². The fourth-order valence-corrected chi connectivity index (χ4v) is 1.29. The summed E-state index contributed by atoms with van der Waals surface area (Å²) in [5, 5.41) is 11.4. The maximum Gasteiger partial charge on any atom is 0.192 e. The summed E-state index contributed by atoms with van der Waals surface area (Å²) in [6.45, 7) is 4.09. The van der Waals surface area contributed by atoms with Crippen molar-refractivity contribution < 1.29 is 7.56 Å². The van der Waals surface area contributed by atoms with Crippen LogP contribution in [0.2, 0.25) is 2.82 Å². The Morgan fingerprint density at radius 3 is 1.72 bits per heavy atom. The van der Waals surface area contributed by atoms with Gasteiger partial charge in [0, 0.05) is 13.2 Å². The predicted octanol–water partition coefficient (Wildman–Crippen LogP) is 3.18. The summed E-state index contributed by atoms with van der Waals surface area (Å²) in [5.41, 5.74) is 0. The number of hydrogen-bond donors (Lipinski definition) is 4. The van der Waals surface area contributed by atoms with Gasteiger partial charge in [0.25, 0.3) is 0 Å². The van der Waals surface area contributed by atoms with E-state index >= 15 is 0 Å². The summed E-state index contributed by atoms with van der Waals surface area (Å²) >= 11 is 0. The highest BCUT2D eigenvalue weighted by Gasteiger charge is 1.90. The molecule has 0 aromatic carbocycles. The third-order valence-electron chi connectivity index (χ3n) is 2.18. The highest BCUT2D eigenvalue weighted by Crippen LogP contribution is 1.96. The van der Waals surface area contributed by atoms with Crippen LogP contribution in [-0.2, 0) is 4.74 Å². The molecule has 18 heavy (non-hydrogen) atoms. The van der Waals surface area contributed by atoms with Crippen molar-refractivity contribution in [1.29, 1.82) is 10.3 Å². The van der Waals surface area contributed by atoms with Gasteiger partial charge in [-0.3, -0.25) is 10.3 Å². The van der Waals surface area contributed by atoms with Crippen LogP contribution in [0, 0.1) is 10.3 Å². The molecule has 0 spiro atoms. The summed E-state index contributed by atoms with van der Waals surface area (Å²) in [5.74, 6) is 0. The van der Waals surface area contributed by atoms with Gasteiger partial charge in [0.1, 0.15) is 0 Å². The Labute approximate surface area is 120 Å². The molecular weight excluding hydrogens is 266 g/mol. The van der Waals surface area contributed by atoms with Crippen LogP contribution in [0.3, 0.4) is 0 Å². The number of ether oxygens (including phenoxy) is 1. The van der Waals surface area contributed by atoms with Crippen molar-refractivity contribution in [2.75, 3.05) is 40.4 Å². The van der Waals surface area contributed by atoms with E-state index in [2.05, 4.69) is 39.0 Å². The largest absolute Gasteiger partial charge is 0.381 e. The van der Waals surface area contributed by atoms with Gasteiger partial charge in [-0.15, -0.1) is 0 Å². The highest BCUT2D eigenvalue weighted by molar-refractivity contribution is 7.02. The average Bonchev–Trinajstić information content (AvgIpc) is 2.43. The lowest BCUT2D eigenvalue weighted by atomic mass is 10.2. The van der Waals surface area contributed by atoms with Crippen molar-refractivity contribution in [3.63, 3.8) is 0 Å². The van der Waals surface area contributed by atoms with Gasteiger partial charge in [0.05, 0.1) is 0 Å². The van der Waals surface area contributed by atoms with Crippen LogP contribution >= 0.6 is 18.1 Å². The molecule has 0 atom stereocenters. The van der Waals surface area contributed by atoms with Gasteiger partial charge in [-0.1, -0.05) is 0 Å². The van der Waals surface area contributed by atoms with Crippen LogP contribution in [0.25, 0.3) is 0 Å². The quantitative estimate of drug-likeness (QED) is 0.349. The molecular formula is C11H30N4OP2. The maximum absolute atomic E-state index is 5.75. The van der Waals surface area contributed by atoms with Crippen molar-refractivity contribution in [2.24, 2.45) is 0 Å². The molecule has 0 aromatic heterocycles. The van der Waals surface area contributed by atoms with Gasteiger partial charge in [-0.05, 0) is 77.4 Å². The molecule has 110 valence electrons. The van der Waals surface area contributed by atoms with Gasteiger partial charge in [0.15, 0.2) is 2.82 Å². The first-order valence-electron chi connectivity index (χ1n) is 7.13. The van der Waals surface area contributed by atoms with Crippen molar-refractivity contribution >= 4 is 18.1 Å². The van der Waals surface area contributed by atoms with Gasteiger partial charge in [-0.25, -0.2) is 0 Å². The normalized spacial score (nSPS) is 9.89. The second kappa shape index (κ2) is 30.3. The number of unbranched alkanes of at least 4 members (excludes halogenated alkanes) is 3. The van der Waals surface area contributed by atoms with E-state index in [0.717, 1.165) is 26.3 Å². The SMILES string of the molecule is CNCCCCCOCCCCNC.[2H]N=P.[2H]N=P. The number of nitrogens with one attached hydrogen (secondary N) is 4. The molecule has 0 saturated heterocycles. The zero-order valence-electron chi connectivity index (χ0n) is 13.7. The Hall–Kier alpha value is 0.0800. The first kappa shape index (κ1) is 18.1. The van der Waals surface area contributed by atoms with Crippen LogP contribution in [0.4, 0.5) is 0 Å². The van der Waals surface area contributed by atoms with Crippen molar-refractivity contribution in [3.05, 3.63) is 0 Å². The lowest BCUT2D eigenvalue weighted by molar-refractivity contribution is 0.126. The number of rotatable bonds is 11. The lowest BCUT2D eigenvalue weighted by Crippen LogP contribution is -2.09. The molecule has 7 heteroatoms. The summed E-state index contributed by atoms with van der Waals surface area (Å²) in [6.07, 6.45) is 6.14. The van der Waals surface area contributed by atoms with Gasteiger partial charge >= 0.3 is 0 Å². The van der Waals surface area contributed by atoms with E-state index in [0.29, 0.717) is 0 Å². The van der Waals surface area contributed by atoms with Crippen LogP contribution in [0.15, 0.2) is 0 Å². The molecule has 5 nitrogen and oxygen atoms in total. The molecule has 0 aromatic rings. The van der Waals surface area contributed by atoms with Crippen LogP contribution in [0.5, 0.6) is 0 Å². The highest BCUT2D eigenvalue weighted by atomic mass is 31.0. The zero-order chi connectivity index (χ0) is 15.9. The smallest absolute Gasteiger partial charge is 0.192 e. The fraction of sp³-hybridized carbons (Fsp3) is 1.00. The first-order chi connectivity index (χ1) is 9.74. The monoisotopic (exact) mass is 298 g/mol. The van der Waals surface area contributed by atoms with Crippen molar-refractivity contribution in [1.82, 2.24) is 10.6 Å². The molecule has 0 amide bonds. The van der Waals surface area contributed by atoms with E-state index in [9.17, 15) is 0 Å². The Bertz CT molecular complexity index is 165. The van der Waals surface area contributed by atoms with Gasteiger partial charge < -0.3 is 15.4 Å². The molecule has 0 radical (unpaired) electrons. The third kappa shape index (κ3) is 29.8. The molecule has 0 saturated carbocycles. The summed E-state index contributed by atoms with van der Waals surface area (Å²) < 4.78 is 17.0. The second-order valence-electron chi connectivity index (χ2n) is 3.59. The second-order valence-corrected chi connectivity index (χ2v) is 3.59. The predicted molar refractivity (Wildman–Crippen MR) is 83.8 cm³/mol. The molecule has 4 N–H and O–H groups in total. The number of hydrogen-bond acceptors (Lipinski definition) is 5. The topological polar surface area (TPSA) is 81.0 Å². The Morgan fingerprint density at radius 1 is 0.889 bits per heavy atom. The van der Waals surface area contributed by atoms with E-state index in [-0.39, 0.29) is 0 Å². The van der Waals surface area contributed by atoms with E-state index in [1.165, 1.54) is 32.1 Å². The Kier molecular flexibility index (Phi) is 30.4. The molecule has 0 rings (SSSR count). The average molecular weight is 298 g/mol. The van der Waals surface area contributed by atoms with Gasteiger partial charge in [-0.2, -0.15) is 0 Å². The molecule has 0 unspecified atom stereocenters. The Balaban J connectivity index is -0.000000408. The molecule has 0 aliphatic carbocycles. The first-order valence-corrected chi connectivity index (χ1v) is 7.13. The summed E-state index contributed by atoms with van der Waals surface area (Å²) in [7, 11) is 8.94. The molecule has 0 aliphatic heterocycles. The standard InChI is InChI=1S/C11H26N2O.2H2NP/c1-12-8-4-3-6-10-14-11-7-5-9-13-2;2*1-2/h12-13H,3-11H2,1-2H3;2*1-2H/i/hD2. The molecule has 0 fully saturated rings. The van der Waals surface area contributed by atoms with E-state index in [1.807, 2.05) is 14.1 Å². The zero-order valence-corrected chi connectivity index (χ0v) is 13.7. The fourth-order valence-electron chi connectivity index (χ4n) is 1.29. The van der Waals surface area contributed by atoms with Crippen LogP contribution in [0.1, 0.15) is 32.1 Å². The molecule has 0 aliphatic rings. The van der Waals surface area contributed by atoms with E-state index < -0.39 is 0 Å². The Morgan fingerprint density at radius 2 is 1.28 bits per heavy atom. The summed E-state index contributed by atoms with van der Waals surface area (Å²) in [6, 6.07) is 0. The molecule has 0 heterocycles. The van der Waals surface area contributed by atoms with Gasteiger partial charge in [0.2, 0.25) is 0 Å². The third-order valence-corrected chi connectivity index (χ3v) is 2.18. The summed E-state index contributed by atoms with van der Waals surface area (Å²) in [4.78, 5) is 0. The minimum Gasteiger partial charge on any atom is -0.381 e. The van der Waals surface area contributed by atoms with Crippen molar-refractivity contribution in [2.45, 2.75) is 32.1 Å². The molecule has 0 bridgehead atoms. The van der Waals surface area contributed by atoms with E-state index in [4.69, 9.17) is 7.56 Å². The van der Waals surface area contributed by atoms with Crippen molar-refractivity contribution in [3.8, 4) is 0 Å². The minimum absolute atomic E-state index is 0.924. The van der Waals surface area contributed by atoms with E-state index in [1.54, 1.807) is 0 Å². The maximum atomic E-state index is 5.75. The van der Waals surface area contributed by atoms with Crippen LogP contribution in [-0.4, -0.2) is 40.4 Å². The minimum atomic E-state index is 0.924. The lowest BCUT2D eigenvalue weighted by Gasteiger charge is -2.04.